The Balaban J connectivity index is 2.46. The van der Waals surface area contributed by atoms with Crippen LogP contribution in [0.5, 0.6) is 0 Å². The minimum absolute atomic E-state index is 0.149. The summed E-state index contributed by atoms with van der Waals surface area (Å²) in [5.74, 6) is -0.149. The molecule has 0 unspecified atom stereocenters. The van der Waals surface area contributed by atoms with E-state index in [4.69, 9.17) is 5.26 Å². The van der Waals surface area contributed by atoms with Crippen LogP contribution in [0.25, 0.3) is 0 Å². The third kappa shape index (κ3) is 2.29. The number of carbonyl (C=O) groups is 1. The van der Waals surface area contributed by atoms with Crippen LogP contribution >= 0.6 is 0 Å². The van der Waals surface area contributed by atoms with E-state index in [9.17, 15) is 9.90 Å². The van der Waals surface area contributed by atoms with Gasteiger partial charge in [-0.15, -0.1) is 0 Å². The molecule has 18 heavy (non-hydrogen) atoms. The van der Waals surface area contributed by atoms with Gasteiger partial charge in [-0.25, -0.2) is 0 Å². The molecule has 0 aliphatic heterocycles. The fourth-order valence-corrected chi connectivity index (χ4v) is 1.76. The Morgan fingerprint density at radius 3 is 2.50 bits per heavy atom. The first-order chi connectivity index (χ1) is 8.76. The summed E-state index contributed by atoms with van der Waals surface area (Å²) in [5, 5.41) is 18.1. The summed E-state index contributed by atoms with van der Waals surface area (Å²) < 4.78 is 0. The van der Waals surface area contributed by atoms with Crippen molar-refractivity contribution in [2.24, 2.45) is 0 Å². The highest BCUT2D eigenvalue weighted by Gasteiger charge is 2.13. The molecule has 0 bridgehead atoms. The largest absolute Gasteiger partial charge is 0.392 e. The van der Waals surface area contributed by atoms with Crippen LogP contribution in [-0.4, -0.2) is 10.9 Å². The number of nitriles is 1. The predicted octanol–water partition coefficient (Wildman–Crippen LogP) is 2.28. The van der Waals surface area contributed by atoms with Gasteiger partial charge in [0.05, 0.1) is 18.2 Å². The summed E-state index contributed by atoms with van der Waals surface area (Å²) in [5.41, 5.74) is 1.91. The summed E-state index contributed by atoms with van der Waals surface area (Å²) >= 11 is 0. The topological polar surface area (TPSA) is 61.1 Å². The van der Waals surface area contributed by atoms with Gasteiger partial charge in [-0.05, 0) is 23.8 Å². The number of ketones is 1. The molecule has 2 rings (SSSR count). The number of aliphatic hydroxyl groups is 1. The molecule has 0 aromatic heterocycles. The van der Waals surface area contributed by atoms with Gasteiger partial charge in [0.2, 0.25) is 0 Å². The number of rotatable bonds is 3. The lowest BCUT2D eigenvalue weighted by Gasteiger charge is -2.06. The lowest BCUT2D eigenvalue weighted by Crippen LogP contribution is -2.05. The van der Waals surface area contributed by atoms with Crippen molar-refractivity contribution in [3.63, 3.8) is 0 Å². The van der Waals surface area contributed by atoms with Crippen LogP contribution in [0.1, 0.15) is 27.0 Å². The Kier molecular flexibility index (Phi) is 3.52. The van der Waals surface area contributed by atoms with Gasteiger partial charge in [0.1, 0.15) is 0 Å². The average Bonchev–Trinajstić information content (AvgIpc) is 2.46. The molecule has 0 fully saturated rings. The Bertz CT molecular complexity index is 612. The zero-order chi connectivity index (χ0) is 13.0. The minimum atomic E-state index is -0.260. The van der Waals surface area contributed by atoms with E-state index in [1.807, 2.05) is 12.1 Å². The summed E-state index contributed by atoms with van der Waals surface area (Å²) in [7, 11) is 0. The van der Waals surface area contributed by atoms with E-state index in [-0.39, 0.29) is 12.4 Å². The lowest BCUT2D eigenvalue weighted by atomic mass is 9.97. The maximum atomic E-state index is 12.2. The summed E-state index contributed by atoms with van der Waals surface area (Å²) in [4.78, 5) is 12.2. The van der Waals surface area contributed by atoms with Crippen LogP contribution in [0.4, 0.5) is 0 Å². The molecule has 0 radical (unpaired) electrons. The molecule has 0 saturated carbocycles. The van der Waals surface area contributed by atoms with Gasteiger partial charge in [-0.3, -0.25) is 4.79 Å². The first-order valence-electron chi connectivity index (χ1n) is 5.50. The quantitative estimate of drug-likeness (QED) is 0.833. The molecule has 0 amide bonds. The van der Waals surface area contributed by atoms with Crippen molar-refractivity contribution < 1.29 is 9.90 Å². The van der Waals surface area contributed by atoms with Crippen molar-refractivity contribution in [2.45, 2.75) is 6.61 Å². The number of carbonyl (C=O) groups excluding carboxylic acids is 1. The van der Waals surface area contributed by atoms with Gasteiger partial charge < -0.3 is 5.11 Å². The fourth-order valence-electron chi connectivity index (χ4n) is 1.76. The highest BCUT2D eigenvalue weighted by atomic mass is 16.3. The SMILES string of the molecule is N#Cc1ccc(C(=O)c2ccccc2)c(CO)c1. The Hall–Kier alpha value is -2.44. The standard InChI is InChI=1S/C15H11NO2/c16-9-11-6-7-14(13(8-11)10-17)15(18)12-4-2-1-3-5-12/h1-8,17H,10H2. The highest BCUT2D eigenvalue weighted by molar-refractivity contribution is 6.09. The molecule has 0 saturated heterocycles. The van der Waals surface area contributed by atoms with E-state index < -0.39 is 0 Å². The van der Waals surface area contributed by atoms with Crippen molar-refractivity contribution >= 4 is 5.78 Å². The van der Waals surface area contributed by atoms with Crippen LogP contribution < -0.4 is 0 Å². The van der Waals surface area contributed by atoms with Crippen molar-refractivity contribution in [3.8, 4) is 6.07 Å². The van der Waals surface area contributed by atoms with Crippen molar-refractivity contribution in [1.29, 1.82) is 5.26 Å². The second-order valence-electron chi connectivity index (χ2n) is 3.84. The highest BCUT2D eigenvalue weighted by Crippen LogP contribution is 2.16. The third-order valence-corrected chi connectivity index (χ3v) is 2.69. The Morgan fingerprint density at radius 1 is 1.17 bits per heavy atom. The Morgan fingerprint density at radius 2 is 1.89 bits per heavy atom. The number of hydrogen-bond donors (Lipinski definition) is 1. The van der Waals surface area contributed by atoms with Gasteiger partial charge in [0.15, 0.2) is 5.78 Å². The third-order valence-electron chi connectivity index (χ3n) is 2.69. The molecule has 2 aromatic rings. The van der Waals surface area contributed by atoms with E-state index >= 15 is 0 Å². The Labute approximate surface area is 105 Å². The molecule has 0 atom stereocenters. The monoisotopic (exact) mass is 237 g/mol. The fraction of sp³-hybridized carbons (Fsp3) is 0.0667. The molecule has 1 N–H and O–H groups in total. The molecular formula is C15H11NO2. The van der Waals surface area contributed by atoms with E-state index in [2.05, 4.69) is 0 Å². The molecule has 0 aliphatic carbocycles. The number of benzene rings is 2. The van der Waals surface area contributed by atoms with E-state index in [1.54, 1.807) is 36.4 Å². The summed E-state index contributed by atoms with van der Waals surface area (Å²) in [6, 6.07) is 15.5. The van der Waals surface area contributed by atoms with Crippen LogP contribution in [0.3, 0.4) is 0 Å². The second-order valence-corrected chi connectivity index (χ2v) is 3.84. The van der Waals surface area contributed by atoms with E-state index in [0.29, 0.717) is 22.3 Å². The maximum Gasteiger partial charge on any atom is 0.193 e. The van der Waals surface area contributed by atoms with Crippen LogP contribution in [0.2, 0.25) is 0 Å². The molecule has 0 spiro atoms. The van der Waals surface area contributed by atoms with Gasteiger partial charge in [0.25, 0.3) is 0 Å². The molecule has 2 aromatic carbocycles. The number of aliphatic hydroxyl groups excluding tert-OH is 1. The summed E-state index contributed by atoms with van der Waals surface area (Å²) in [6.07, 6.45) is 0. The smallest absolute Gasteiger partial charge is 0.193 e. The van der Waals surface area contributed by atoms with Crippen molar-refractivity contribution in [1.82, 2.24) is 0 Å². The van der Waals surface area contributed by atoms with E-state index in [1.165, 1.54) is 6.07 Å². The predicted molar refractivity (Wildman–Crippen MR) is 67.0 cm³/mol. The molecular weight excluding hydrogens is 226 g/mol. The molecule has 0 aliphatic rings. The number of nitrogens with zero attached hydrogens (tertiary/aromatic N) is 1. The summed E-state index contributed by atoms with van der Waals surface area (Å²) in [6.45, 7) is -0.260. The van der Waals surface area contributed by atoms with Crippen LogP contribution in [-0.2, 0) is 6.61 Å². The number of hydrogen-bond acceptors (Lipinski definition) is 3. The first-order valence-corrected chi connectivity index (χ1v) is 5.50. The van der Waals surface area contributed by atoms with Gasteiger partial charge in [0, 0.05) is 11.1 Å². The van der Waals surface area contributed by atoms with Crippen LogP contribution in [0.15, 0.2) is 48.5 Å². The lowest BCUT2D eigenvalue weighted by molar-refractivity contribution is 0.103. The van der Waals surface area contributed by atoms with Gasteiger partial charge in [-0.2, -0.15) is 5.26 Å². The zero-order valence-corrected chi connectivity index (χ0v) is 9.63. The second kappa shape index (κ2) is 5.26. The first kappa shape index (κ1) is 12.0. The minimum Gasteiger partial charge on any atom is -0.392 e. The molecule has 88 valence electrons. The maximum absolute atomic E-state index is 12.2. The van der Waals surface area contributed by atoms with Gasteiger partial charge >= 0.3 is 0 Å². The van der Waals surface area contributed by atoms with Crippen LogP contribution in [0, 0.1) is 11.3 Å². The van der Waals surface area contributed by atoms with Crippen molar-refractivity contribution in [2.75, 3.05) is 0 Å². The van der Waals surface area contributed by atoms with E-state index in [0.717, 1.165) is 0 Å². The van der Waals surface area contributed by atoms with Crippen molar-refractivity contribution in [3.05, 3.63) is 70.8 Å². The zero-order valence-electron chi connectivity index (χ0n) is 9.63. The molecule has 3 heteroatoms. The molecule has 0 heterocycles. The average molecular weight is 237 g/mol. The molecule has 3 nitrogen and oxygen atoms in total. The van der Waals surface area contributed by atoms with Gasteiger partial charge in [-0.1, -0.05) is 30.3 Å². The normalized spacial score (nSPS) is 9.78.